The Morgan fingerprint density at radius 3 is 2.79 bits per heavy atom. The summed E-state index contributed by atoms with van der Waals surface area (Å²) in [4.78, 5) is 23.4. The zero-order chi connectivity index (χ0) is 10.7. The van der Waals surface area contributed by atoms with Gasteiger partial charge in [0.1, 0.15) is 0 Å². The van der Waals surface area contributed by atoms with Gasteiger partial charge in [-0.3, -0.25) is 0 Å². The fourth-order valence-corrected chi connectivity index (χ4v) is 1.40. The fourth-order valence-electron chi connectivity index (χ4n) is 1.40. The number of aliphatic carboxylic acids is 1. The number of carbonyl (C=O) groups is 2. The lowest BCUT2D eigenvalue weighted by atomic mass is 10.2. The summed E-state index contributed by atoms with van der Waals surface area (Å²) in [6, 6.07) is -0.305. The average molecular weight is 198 g/mol. The number of carboxylic acids is 1. The second-order valence-corrected chi connectivity index (χ2v) is 3.32. The van der Waals surface area contributed by atoms with Crippen LogP contribution in [0.15, 0.2) is 11.6 Å². The second-order valence-electron chi connectivity index (χ2n) is 3.32. The monoisotopic (exact) mass is 198 g/mol. The molecule has 0 radical (unpaired) electrons. The standard InChI is InChI=1S/C9H14N2O3/c1-6(8(12)13)5-7(2)11-4-3-10-9(11)14/h5,7H,3-4H2,1-2H3,(H,10,14)(H,12,13). The van der Waals surface area contributed by atoms with Crippen molar-refractivity contribution in [3.05, 3.63) is 11.6 Å². The van der Waals surface area contributed by atoms with Crippen LogP contribution in [0.4, 0.5) is 4.79 Å². The molecule has 0 spiro atoms. The van der Waals surface area contributed by atoms with Crippen molar-refractivity contribution in [3.63, 3.8) is 0 Å². The molecule has 0 aromatic heterocycles. The molecule has 5 heteroatoms. The van der Waals surface area contributed by atoms with Gasteiger partial charge in [-0.15, -0.1) is 0 Å². The molecule has 1 aliphatic rings. The first-order chi connectivity index (χ1) is 6.52. The minimum Gasteiger partial charge on any atom is -0.478 e. The Labute approximate surface area is 82.4 Å². The molecule has 1 rings (SSSR count). The Bertz CT molecular complexity index is 286. The van der Waals surface area contributed by atoms with E-state index in [1.807, 2.05) is 0 Å². The van der Waals surface area contributed by atoms with Gasteiger partial charge in [0.15, 0.2) is 0 Å². The third-order valence-corrected chi connectivity index (χ3v) is 2.21. The maximum absolute atomic E-state index is 11.2. The summed E-state index contributed by atoms with van der Waals surface area (Å²) >= 11 is 0. The van der Waals surface area contributed by atoms with E-state index in [4.69, 9.17) is 5.11 Å². The molecule has 14 heavy (non-hydrogen) atoms. The average Bonchev–Trinajstić information content (AvgIpc) is 2.51. The first-order valence-corrected chi connectivity index (χ1v) is 4.48. The Balaban J connectivity index is 2.65. The number of nitrogens with one attached hydrogen (secondary N) is 1. The lowest BCUT2D eigenvalue weighted by molar-refractivity contribution is -0.132. The predicted molar refractivity (Wildman–Crippen MR) is 51.0 cm³/mol. The molecular formula is C9H14N2O3. The van der Waals surface area contributed by atoms with E-state index >= 15 is 0 Å². The molecular weight excluding hydrogens is 184 g/mol. The summed E-state index contributed by atoms with van der Waals surface area (Å²) in [6.07, 6.45) is 1.58. The maximum Gasteiger partial charge on any atom is 0.331 e. The molecule has 1 aliphatic heterocycles. The highest BCUT2D eigenvalue weighted by molar-refractivity contribution is 5.86. The number of urea groups is 1. The highest BCUT2D eigenvalue weighted by atomic mass is 16.4. The van der Waals surface area contributed by atoms with Crippen LogP contribution in [0.25, 0.3) is 0 Å². The molecule has 0 aromatic rings. The summed E-state index contributed by atoms with van der Waals surface area (Å²) in [6.45, 7) is 4.58. The van der Waals surface area contributed by atoms with Crippen LogP contribution >= 0.6 is 0 Å². The van der Waals surface area contributed by atoms with Crippen LogP contribution in [0.2, 0.25) is 0 Å². The van der Waals surface area contributed by atoms with Crippen LogP contribution in [0.3, 0.4) is 0 Å². The van der Waals surface area contributed by atoms with Crippen molar-refractivity contribution >= 4 is 12.0 Å². The molecule has 1 unspecified atom stereocenters. The summed E-state index contributed by atoms with van der Waals surface area (Å²) < 4.78 is 0. The molecule has 78 valence electrons. The van der Waals surface area contributed by atoms with Gasteiger partial charge in [-0.1, -0.05) is 6.08 Å². The molecule has 1 atom stereocenters. The normalized spacial score (nSPS) is 19.4. The highest BCUT2D eigenvalue weighted by Gasteiger charge is 2.23. The van der Waals surface area contributed by atoms with Crippen LogP contribution in [-0.4, -0.2) is 41.1 Å². The first kappa shape index (κ1) is 10.6. The van der Waals surface area contributed by atoms with Crippen molar-refractivity contribution in [3.8, 4) is 0 Å². The summed E-state index contributed by atoms with van der Waals surface area (Å²) in [5, 5.41) is 11.3. The molecule has 1 heterocycles. The van der Waals surface area contributed by atoms with Crippen LogP contribution < -0.4 is 5.32 Å². The molecule has 0 aliphatic carbocycles. The third-order valence-electron chi connectivity index (χ3n) is 2.21. The van der Waals surface area contributed by atoms with Crippen LogP contribution in [0.1, 0.15) is 13.8 Å². The zero-order valence-corrected chi connectivity index (χ0v) is 8.28. The smallest absolute Gasteiger partial charge is 0.331 e. The van der Waals surface area contributed by atoms with Crippen molar-refractivity contribution in [2.24, 2.45) is 0 Å². The molecule has 0 bridgehead atoms. The van der Waals surface area contributed by atoms with E-state index in [1.54, 1.807) is 17.9 Å². The Kier molecular flexibility index (Phi) is 3.11. The van der Waals surface area contributed by atoms with Crippen LogP contribution in [0, 0.1) is 0 Å². The van der Waals surface area contributed by atoms with Gasteiger partial charge in [0, 0.05) is 24.7 Å². The number of amides is 2. The molecule has 2 amide bonds. The van der Waals surface area contributed by atoms with E-state index < -0.39 is 5.97 Å². The lowest BCUT2D eigenvalue weighted by Crippen LogP contribution is -2.35. The van der Waals surface area contributed by atoms with Crippen molar-refractivity contribution in [2.75, 3.05) is 13.1 Å². The van der Waals surface area contributed by atoms with Crippen molar-refractivity contribution in [2.45, 2.75) is 19.9 Å². The highest BCUT2D eigenvalue weighted by Crippen LogP contribution is 2.07. The molecule has 0 aromatic carbocycles. The number of hydrogen-bond donors (Lipinski definition) is 2. The van der Waals surface area contributed by atoms with Crippen molar-refractivity contribution < 1.29 is 14.7 Å². The van der Waals surface area contributed by atoms with E-state index in [0.717, 1.165) is 0 Å². The molecule has 5 nitrogen and oxygen atoms in total. The van der Waals surface area contributed by atoms with Gasteiger partial charge < -0.3 is 15.3 Å². The number of carbonyl (C=O) groups excluding carboxylic acids is 1. The molecule has 0 saturated carbocycles. The molecule has 1 fully saturated rings. The first-order valence-electron chi connectivity index (χ1n) is 4.48. The summed E-state index contributed by atoms with van der Waals surface area (Å²) in [5.74, 6) is -0.948. The largest absolute Gasteiger partial charge is 0.478 e. The van der Waals surface area contributed by atoms with Gasteiger partial charge in [0.25, 0.3) is 0 Å². The summed E-state index contributed by atoms with van der Waals surface area (Å²) in [5.41, 5.74) is 0.261. The van der Waals surface area contributed by atoms with Gasteiger partial charge in [0.05, 0.1) is 0 Å². The van der Waals surface area contributed by atoms with E-state index in [1.165, 1.54) is 6.92 Å². The number of rotatable bonds is 3. The van der Waals surface area contributed by atoms with Crippen molar-refractivity contribution in [1.29, 1.82) is 0 Å². The van der Waals surface area contributed by atoms with Gasteiger partial charge >= 0.3 is 12.0 Å². The SMILES string of the molecule is CC(=CC(C)N1CCNC1=O)C(=O)O. The second kappa shape index (κ2) is 4.13. The Morgan fingerprint density at radius 1 is 1.71 bits per heavy atom. The van der Waals surface area contributed by atoms with Gasteiger partial charge in [-0.05, 0) is 13.8 Å². The predicted octanol–water partition coefficient (Wildman–Crippen LogP) is 0.431. The van der Waals surface area contributed by atoms with Gasteiger partial charge in [-0.25, -0.2) is 9.59 Å². The minimum absolute atomic E-state index is 0.132. The van der Waals surface area contributed by atoms with Gasteiger partial charge in [0.2, 0.25) is 0 Å². The van der Waals surface area contributed by atoms with Gasteiger partial charge in [-0.2, -0.15) is 0 Å². The lowest BCUT2D eigenvalue weighted by Gasteiger charge is -2.19. The fraction of sp³-hybridized carbons (Fsp3) is 0.556. The van der Waals surface area contributed by atoms with E-state index in [2.05, 4.69) is 5.32 Å². The van der Waals surface area contributed by atoms with Crippen LogP contribution in [-0.2, 0) is 4.79 Å². The number of hydrogen-bond acceptors (Lipinski definition) is 2. The van der Waals surface area contributed by atoms with Crippen molar-refractivity contribution in [1.82, 2.24) is 10.2 Å². The maximum atomic E-state index is 11.2. The third kappa shape index (κ3) is 2.25. The van der Waals surface area contributed by atoms with E-state index in [-0.39, 0.29) is 17.6 Å². The van der Waals surface area contributed by atoms with E-state index in [9.17, 15) is 9.59 Å². The quantitative estimate of drug-likeness (QED) is 0.646. The zero-order valence-electron chi connectivity index (χ0n) is 8.28. The number of nitrogens with zero attached hydrogens (tertiary/aromatic N) is 1. The van der Waals surface area contributed by atoms with E-state index in [0.29, 0.717) is 13.1 Å². The topological polar surface area (TPSA) is 69.6 Å². The van der Waals surface area contributed by atoms with Crippen LogP contribution in [0.5, 0.6) is 0 Å². The summed E-state index contributed by atoms with van der Waals surface area (Å²) in [7, 11) is 0. The Hall–Kier alpha value is -1.52. The molecule has 1 saturated heterocycles. The minimum atomic E-state index is -0.948. The molecule has 2 N–H and O–H groups in total. The number of carboxylic acid groups (broad SMARTS) is 1. The Morgan fingerprint density at radius 2 is 2.36 bits per heavy atom.